The summed E-state index contributed by atoms with van der Waals surface area (Å²) >= 11 is 0. The molecule has 0 bridgehead atoms. The van der Waals surface area contributed by atoms with Crippen LogP contribution in [0.4, 0.5) is 0 Å². The third-order valence-electron chi connectivity index (χ3n) is 2.45. The van der Waals surface area contributed by atoms with Crippen LogP contribution in [-0.2, 0) is 4.74 Å². The Bertz CT molecular complexity index is 475. The standard InChI is InChI=1S/C15H20N2O2/c1-3-19-11-12(2)17-15(18)14-9-5-4-7-13(14)8-6-10-16/h4-5,7,9,12H,3,10-11,16H2,1-2H3,(H,17,18). The summed E-state index contributed by atoms with van der Waals surface area (Å²) in [6, 6.07) is 7.19. The van der Waals surface area contributed by atoms with E-state index in [1.807, 2.05) is 32.0 Å². The van der Waals surface area contributed by atoms with E-state index in [-0.39, 0.29) is 18.5 Å². The van der Waals surface area contributed by atoms with Gasteiger partial charge in [-0.3, -0.25) is 4.79 Å². The van der Waals surface area contributed by atoms with E-state index in [2.05, 4.69) is 17.2 Å². The Morgan fingerprint density at radius 2 is 2.21 bits per heavy atom. The molecule has 19 heavy (non-hydrogen) atoms. The summed E-state index contributed by atoms with van der Waals surface area (Å²) < 4.78 is 5.27. The lowest BCUT2D eigenvalue weighted by Crippen LogP contribution is -2.36. The van der Waals surface area contributed by atoms with Gasteiger partial charge in [0.25, 0.3) is 5.91 Å². The van der Waals surface area contributed by atoms with Crippen LogP contribution >= 0.6 is 0 Å². The molecule has 1 amide bonds. The second-order valence-corrected chi connectivity index (χ2v) is 4.09. The van der Waals surface area contributed by atoms with Gasteiger partial charge in [-0.05, 0) is 26.0 Å². The Labute approximate surface area is 114 Å². The monoisotopic (exact) mass is 260 g/mol. The molecule has 0 aliphatic carbocycles. The van der Waals surface area contributed by atoms with Crippen LogP contribution in [0.2, 0.25) is 0 Å². The molecule has 0 aliphatic heterocycles. The lowest BCUT2D eigenvalue weighted by molar-refractivity contribution is 0.0872. The molecular formula is C15H20N2O2. The fraction of sp³-hybridized carbons (Fsp3) is 0.400. The van der Waals surface area contributed by atoms with Gasteiger partial charge in [-0.25, -0.2) is 0 Å². The molecule has 3 N–H and O–H groups in total. The highest BCUT2D eigenvalue weighted by Crippen LogP contribution is 2.07. The van der Waals surface area contributed by atoms with Gasteiger partial charge in [0, 0.05) is 18.2 Å². The van der Waals surface area contributed by atoms with Crippen LogP contribution in [0.5, 0.6) is 0 Å². The van der Waals surface area contributed by atoms with Crippen LogP contribution in [0.15, 0.2) is 24.3 Å². The molecule has 0 heterocycles. The number of nitrogens with one attached hydrogen (secondary N) is 1. The minimum atomic E-state index is -0.144. The number of rotatable bonds is 5. The summed E-state index contributed by atoms with van der Waals surface area (Å²) in [5.41, 5.74) is 6.60. The molecule has 0 aromatic heterocycles. The van der Waals surface area contributed by atoms with Crippen LogP contribution in [0.1, 0.15) is 29.8 Å². The number of hydrogen-bond donors (Lipinski definition) is 2. The summed E-state index contributed by atoms with van der Waals surface area (Å²) in [5.74, 6) is 5.52. The SMILES string of the molecule is CCOCC(C)NC(=O)c1ccccc1C#CCN. The molecule has 4 heteroatoms. The van der Waals surface area contributed by atoms with E-state index in [0.29, 0.717) is 24.3 Å². The van der Waals surface area contributed by atoms with Crippen LogP contribution in [0.25, 0.3) is 0 Å². The van der Waals surface area contributed by atoms with E-state index in [4.69, 9.17) is 10.5 Å². The third kappa shape index (κ3) is 5.12. The van der Waals surface area contributed by atoms with Crippen molar-refractivity contribution in [3.05, 3.63) is 35.4 Å². The molecule has 1 aromatic rings. The first-order valence-corrected chi connectivity index (χ1v) is 6.35. The third-order valence-corrected chi connectivity index (χ3v) is 2.45. The molecule has 0 fully saturated rings. The summed E-state index contributed by atoms with van der Waals surface area (Å²) in [6.07, 6.45) is 0. The zero-order valence-corrected chi connectivity index (χ0v) is 11.4. The van der Waals surface area contributed by atoms with Gasteiger partial charge < -0.3 is 15.8 Å². The summed E-state index contributed by atoms with van der Waals surface area (Å²) in [5, 5.41) is 2.88. The van der Waals surface area contributed by atoms with Crippen molar-refractivity contribution in [1.82, 2.24) is 5.32 Å². The maximum atomic E-state index is 12.1. The molecule has 1 rings (SSSR count). The van der Waals surface area contributed by atoms with E-state index in [1.165, 1.54) is 0 Å². The normalized spacial score (nSPS) is 11.3. The topological polar surface area (TPSA) is 64.3 Å². The van der Waals surface area contributed by atoms with Gasteiger partial charge in [-0.15, -0.1) is 0 Å². The maximum absolute atomic E-state index is 12.1. The highest BCUT2D eigenvalue weighted by atomic mass is 16.5. The number of carbonyl (C=O) groups excluding carboxylic acids is 1. The van der Waals surface area contributed by atoms with Crippen LogP contribution < -0.4 is 11.1 Å². The predicted octanol–water partition coefficient (Wildman–Crippen LogP) is 1.15. The fourth-order valence-electron chi connectivity index (χ4n) is 1.57. The molecule has 0 saturated carbocycles. The first kappa shape index (κ1) is 15.2. The smallest absolute Gasteiger partial charge is 0.252 e. The van der Waals surface area contributed by atoms with Crippen molar-refractivity contribution >= 4 is 5.91 Å². The van der Waals surface area contributed by atoms with Crippen molar-refractivity contribution in [3.63, 3.8) is 0 Å². The Kier molecular flexibility index (Phi) is 6.65. The Balaban J connectivity index is 2.76. The van der Waals surface area contributed by atoms with E-state index in [0.717, 1.165) is 0 Å². The molecule has 0 saturated heterocycles. The maximum Gasteiger partial charge on any atom is 0.252 e. The van der Waals surface area contributed by atoms with E-state index in [9.17, 15) is 4.79 Å². The Morgan fingerprint density at radius 3 is 2.89 bits per heavy atom. The van der Waals surface area contributed by atoms with Crippen LogP contribution in [0, 0.1) is 11.8 Å². The molecule has 1 atom stereocenters. The van der Waals surface area contributed by atoms with Crippen molar-refractivity contribution in [2.75, 3.05) is 19.8 Å². The van der Waals surface area contributed by atoms with E-state index >= 15 is 0 Å². The zero-order chi connectivity index (χ0) is 14.1. The predicted molar refractivity (Wildman–Crippen MR) is 75.8 cm³/mol. The van der Waals surface area contributed by atoms with Crippen molar-refractivity contribution in [2.45, 2.75) is 19.9 Å². The molecule has 102 valence electrons. The van der Waals surface area contributed by atoms with Gasteiger partial charge in [-0.1, -0.05) is 24.0 Å². The molecule has 0 aliphatic rings. The van der Waals surface area contributed by atoms with E-state index in [1.54, 1.807) is 6.07 Å². The number of benzene rings is 1. The van der Waals surface area contributed by atoms with Gasteiger partial charge in [0.2, 0.25) is 0 Å². The Hall–Kier alpha value is -1.83. The highest BCUT2D eigenvalue weighted by molar-refractivity contribution is 5.96. The second-order valence-electron chi connectivity index (χ2n) is 4.09. The number of hydrogen-bond acceptors (Lipinski definition) is 3. The van der Waals surface area contributed by atoms with Crippen LogP contribution in [0.3, 0.4) is 0 Å². The first-order valence-electron chi connectivity index (χ1n) is 6.35. The molecule has 0 spiro atoms. The van der Waals surface area contributed by atoms with Crippen molar-refractivity contribution in [2.24, 2.45) is 5.73 Å². The fourth-order valence-corrected chi connectivity index (χ4v) is 1.57. The molecule has 1 unspecified atom stereocenters. The molecular weight excluding hydrogens is 240 g/mol. The molecule has 0 radical (unpaired) electrons. The van der Waals surface area contributed by atoms with Gasteiger partial charge in [0.15, 0.2) is 0 Å². The lowest BCUT2D eigenvalue weighted by Gasteiger charge is -2.14. The average molecular weight is 260 g/mol. The van der Waals surface area contributed by atoms with Gasteiger partial charge >= 0.3 is 0 Å². The summed E-state index contributed by atoms with van der Waals surface area (Å²) in [4.78, 5) is 12.1. The minimum Gasteiger partial charge on any atom is -0.380 e. The van der Waals surface area contributed by atoms with Gasteiger partial charge in [0.1, 0.15) is 0 Å². The summed E-state index contributed by atoms with van der Waals surface area (Å²) in [7, 11) is 0. The zero-order valence-electron chi connectivity index (χ0n) is 11.4. The van der Waals surface area contributed by atoms with Crippen molar-refractivity contribution in [1.29, 1.82) is 0 Å². The van der Waals surface area contributed by atoms with Gasteiger partial charge in [0.05, 0.1) is 18.7 Å². The number of carbonyl (C=O) groups is 1. The largest absolute Gasteiger partial charge is 0.380 e. The quantitative estimate of drug-likeness (QED) is 0.781. The summed E-state index contributed by atoms with van der Waals surface area (Å²) in [6.45, 7) is 5.24. The minimum absolute atomic E-state index is 0.0389. The highest BCUT2D eigenvalue weighted by Gasteiger charge is 2.12. The van der Waals surface area contributed by atoms with Crippen LogP contribution in [-0.4, -0.2) is 31.7 Å². The molecule has 4 nitrogen and oxygen atoms in total. The first-order chi connectivity index (χ1) is 9.19. The van der Waals surface area contributed by atoms with E-state index < -0.39 is 0 Å². The average Bonchev–Trinajstić information content (AvgIpc) is 2.43. The Morgan fingerprint density at radius 1 is 1.47 bits per heavy atom. The lowest BCUT2D eigenvalue weighted by atomic mass is 10.1. The number of amides is 1. The number of ether oxygens (including phenoxy) is 1. The van der Waals surface area contributed by atoms with Crippen molar-refractivity contribution < 1.29 is 9.53 Å². The molecule has 1 aromatic carbocycles. The van der Waals surface area contributed by atoms with Gasteiger partial charge in [-0.2, -0.15) is 0 Å². The number of nitrogens with two attached hydrogens (primary N) is 1. The second kappa shape index (κ2) is 8.30. The van der Waals surface area contributed by atoms with Crippen molar-refractivity contribution in [3.8, 4) is 11.8 Å².